The summed E-state index contributed by atoms with van der Waals surface area (Å²) < 4.78 is 0. The summed E-state index contributed by atoms with van der Waals surface area (Å²) in [5.74, 6) is 0. The molecular weight excluding hydrogens is 184 g/mol. The molecule has 1 aromatic rings. The number of allylic oxidation sites excluding steroid dienone is 1. The largest absolute Gasteiger partial charge is 0.389 e. The van der Waals surface area contributed by atoms with E-state index in [0.29, 0.717) is 0 Å². The van der Waals surface area contributed by atoms with Crippen molar-refractivity contribution in [2.75, 3.05) is 0 Å². The van der Waals surface area contributed by atoms with Crippen molar-refractivity contribution in [3.8, 4) is 0 Å². The zero-order valence-corrected chi connectivity index (χ0v) is 9.24. The summed E-state index contributed by atoms with van der Waals surface area (Å²) in [6.45, 7) is 2.12. The van der Waals surface area contributed by atoms with E-state index in [9.17, 15) is 5.11 Å². The molecule has 0 bridgehead atoms. The molecule has 1 aromatic carbocycles. The van der Waals surface area contributed by atoms with E-state index in [4.69, 9.17) is 0 Å². The molecule has 0 radical (unpaired) electrons. The molecule has 1 atom stereocenters. The van der Waals surface area contributed by atoms with Crippen LogP contribution >= 0.6 is 0 Å². The molecule has 0 heterocycles. The lowest BCUT2D eigenvalue weighted by molar-refractivity contribution is 0.202. The molecule has 0 saturated carbocycles. The predicted molar refractivity (Wildman–Crippen MR) is 62.8 cm³/mol. The van der Waals surface area contributed by atoms with E-state index in [1.807, 2.05) is 6.08 Å². The number of hydrogen-bond acceptors (Lipinski definition) is 1. The first-order valence-electron chi connectivity index (χ1n) is 5.67. The summed E-state index contributed by atoms with van der Waals surface area (Å²) in [5.41, 5.74) is 4.05. The van der Waals surface area contributed by atoms with Crippen molar-refractivity contribution in [3.63, 3.8) is 0 Å². The van der Waals surface area contributed by atoms with Crippen LogP contribution in [-0.2, 0) is 6.42 Å². The fourth-order valence-electron chi connectivity index (χ4n) is 2.21. The Balaban J connectivity index is 2.08. The zero-order chi connectivity index (χ0) is 10.7. The van der Waals surface area contributed by atoms with E-state index >= 15 is 0 Å². The number of aliphatic hydroxyl groups is 1. The summed E-state index contributed by atoms with van der Waals surface area (Å²) in [6.07, 6.45) is 6.02. The van der Waals surface area contributed by atoms with Crippen LogP contribution in [0.1, 0.15) is 30.4 Å². The molecule has 0 aliphatic heterocycles. The smallest absolute Gasteiger partial charge is 0.0723 e. The van der Waals surface area contributed by atoms with Crippen molar-refractivity contribution < 1.29 is 5.11 Å². The highest BCUT2D eigenvalue weighted by Crippen LogP contribution is 2.21. The normalized spacial score (nSPS) is 21.2. The Morgan fingerprint density at radius 1 is 1.40 bits per heavy atom. The number of aliphatic hydroxyl groups excluding tert-OH is 1. The highest BCUT2D eigenvalue weighted by molar-refractivity contribution is 5.27. The van der Waals surface area contributed by atoms with Gasteiger partial charge in [0.1, 0.15) is 0 Å². The Kier molecular flexibility index (Phi) is 3.22. The Morgan fingerprint density at radius 3 is 3.00 bits per heavy atom. The van der Waals surface area contributed by atoms with Gasteiger partial charge in [-0.15, -0.1) is 0 Å². The summed E-state index contributed by atoms with van der Waals surface area (Å²) >= 11 is 0. The molecule has 1 unspecified atom stereocenters. The zero-order valence-electron chi connectivity index (χ0n) is 9.24. The molecule has 1 aliphatic rings. The average molecular weight is 202 g/mol. The van der Waals surface area contributed by atoms with Gasteiger partial charge in [-0.25, -0.2) is 0 Å². The first-order chi connectivity index (χ1) is 7.24. The van der Waals surface area contributed by atoms with Gasteiger partial charge in [0.25, 0.3) is 0 Å². The fourth-order valence-corrected chi connectivity index (χ4v) is 2.21. The maximum Gasteiger partial charge on any atom is 0.0723 e. The second kappa shape index (κ2) is 4.63. The van der Waals surface area contributed by atoms with Crippen LogP contribution in [0.4, 0.5) is 0 Å². The minimum absolute atomic E-state index is 0.210. The van der Waals surface area contributed by atoms with Crippen LogP contribution in [0, 0.1) is 6.92 Å². The van der Waals surface area contributed by atoms with E-state index in [2.05, 4.69) is 31.2 Å². The van der Waals surface area contributed by atoms with Gasteiger partial charge in [-0.2, -0.15) is 0 Å². The minimum atomic E-state index is -0.210. The Bertz CT molecular complexity index is 365. The van der Waals surface area contributed by atoms with E-state index in [-0.39, 0.29) is 6.10 Å². The monoisotopic (exact) mass is 202 g/mol. The van der Waals surface area contributed by atoms with Gasteiger partial charge in [-0.3, -0.25) is 0 Å². The summed E-state index contributed by atoms with van der Waals surface area (Å²) in [7, 11) is 0. The van der Waals surface area contributed by atoms with E-state index < -0.39 is 0 Å². The lowest BCUT2D eigenvalue weighted by Gasteiger charge is -2.17. The first-order valence-corrected chi connectivity index (χ1v) is 5.67. The van der Waals surface area contributed by atoms with Crippen LogP contribution in [0.25, 0.3) is 0 Å². The fraction of sp³-hybridized carbons (Fsp3) is 0.429. The van der Waals surface area contributed by atoms with Gasteiger partial charge in [0.15, 0.2) is 0 Å². The van der Waals surface area contributed by atoms with Crippen molar-refractivity contribution >= 4 is 0 Å². The van der Waals surface area contributed by atoms with E-state index in [0.717, 1.165) is 25.7 Å². The third kappa shape index (κ3) is 2.93. The summed E-state index contributed by atoms with van der Waals surface area (Å²) in [6, 6.07) is 8.61. The van der Waals surface area contributed by atoms with Crippen molar-refractivity contribution in [1.29, 1.82) is 0 Å². The highest BCUT2D eigenvalue weighted by atomic mass is 16.3. The van der Waals surface area contributed by atoms with Crippen LogP contribution in [0.5, 0.6) is 0 Å². The lowest BCUT2D eigenvalue weighted by Crippen LogP contribution is -2.10. The van der Waals surface area contributed by atoms with Crippen molar-refractivity contribution in [3.05, 3.63) is 47.0 Å². The molecule has 0 fully saturated rings. The topological polar surface area (TPSA) is 20.2 Å². The molecule has 1 aliphatic carbocycles. The van der Waals surface area contributed by atoms with E-state index in [1.165, 1.54) is 16.7 Å². The second-order valence-corrected chi connectivity index (χ2v) is 4.45. The molecule has 1 nitrogen and oxygen atoms in total. The van der Waals surface area contributed by atoms with Crippen LogP contribution in [0.15, 0.2) is 35.9 Å². The van der Waals surface area contributed by atoms with Gasteiger partial charge >= 0.3 is 0 Å². The van der Waals surface area contributed by atoms with Crippen LogP contribution in [0.2, 0.25) is 0 Å². The number of rotatable bonds is 2. The number of benzene rings is 1. The maximum atomic E-state index is 9.54. The number of aryl methyl sites for hydroxylation is 1. The van der Waals surface area contributed by atoms with Crippen LogP contribution in [0.3, 0.4) is 0 Å². The van der Waals surface area contributed by atoms with Crippen molar-refractivity contribution in [2.45, 2.75) is 38.7 Å². The molecule has 0 aromatic heterocycles. The molecule has 2 rings (SSSR count). The van der Waals surface area contributed by atoms with Gasteiger partial charge in [0, 0.05) is 0 Å². The molecule has 1 heteroatoms. The van der Waals surface area contributed by atoms with Gasteiger partial charge in [-0.1, -0.05) is 41.5 Å². The third-order valence-corrected chi connectivity index (χ3v) is 2.94. The molecule has 15 heavy (non-hydrogen) atoms. The Labute approximate surface area is 91.4 Å². The first kappa shape index (κ1) is 10.4. The molecule has 0 saturated heterocycles. The summed E-state index contributed by atoms with van der Waals surface area (Å²) in [5, 5.41) is 9.54. The molecule has 0 amide bonds. The summed E-state index contributed by atoms with van der Waals surface area (Å²) in [4.78, 5) is 0. The maximum absolute atomic E-state index is 9.54. The van der Waals surface area contributed by atoms with Crippen molar-refractivity contribution in [2.24, 2.45) is 0 Å². The van der Waals surface area contributed by atoms with E-state index in [1.54, 1.807) is 0 Å². The Hall–Kier alpha value is -1.08. The standard InChI is InChI=1S/C14H18O/c1-11-4-2-5-12(8-11)9-13-6-3-7-14(15)10-13/h2,4-5,8,10,14-15H,3,6-7,9H2,1H3. The quantitative estimate of drug-likeness (QED) is 0.731. The Morgan fingerprint density at radius 2 is 2.27 bits per heavy atom. The molecule has 1 N–H and O–H groups in total. The second-order valence-electron chi connectivity index (χ2n) is 4.45. The molecule has 0 spiro atoms. The minimum Gasteiger partial charge on any atom is -0.389 e. The van der Waals surface area contributed by atoms with Crippen LogP contribution in [-0.4, -0.2) is 11.2 Å². The van der Waals surface area contributed by atoms with Gasteiger partial charge in [0.05, 0.1) is 6.10 Å². The van der Waals surface area contributed by atoms with Crippen molar-refractivity contribution in [1.82, 2.24) is 0 Å². The molecular formula is C14H18O. The third-order valence-electron chi connectivity index (χ3n) is 2.94. The SMILES string of the molecule is Cc1cccc(CC2=CC(O)CCC2)c1. The lowest BCUT2D eigenvalue weighted by atomic mass is 9.92. The number of hydrogen-bond donors (Lipinski definition) is 1. The van der Waals surface area contributed by atoms with Gasteiger partial charge in [-0.05, 0) is 38.2 Å². The predicted octanol–water partition coefficient (Wildman–Crippen LogP) is 3.01. The molecule has 80 valence electrons. The van der Waals surface area contributed by atoms with Gasteiger partial charge in [0.2, 0.25) is 0 Å². The van der Waals surface area contributed by atoms with Gasteiger partial charge < -0.3 is 5.11 Å². The highest BCUT2D eigenvalue weighted by Gasteiger charge is 2.10. The average Bonchev–Trinajstić information content (AvgIpc) is 2.17. The van der Waals surface area contributed by atoms with Crippen LogP contribution < -0.4 is 0 Å².